The van der Waals surface area contributed by atoms with Gasteiger partial charge >= 0.3 is 12.0 Å². The lowest BCUT2D eigenvalue weighted by molar-refractivity contribution is 0.0696. The zero-order valence-electron chi connectivity index (χ0n) is 12.8. The zero-order chi connectivity index (χ0) is 15.6. The maximum absolute atomic E-state index is 12.5. The third-order valence-electron chi connectivity index (χ3n) is 4.24. The van der Waals surface area contributed by atoms with Gasteiger partial charge in [0.2, 0.25) is 0 Å². The number of carbonyl (C=O) groups excluding carboxylic acids is 1. The lowest BCUT2D eigenvalue weighted by atomic mass is 10.1. The average Bonchev–Trinajstić information content (AvgIpc) is 2.90. The van der Waals surface area contributed by atoms with Gasteiger partial charge in [-0.05, 0) is 36.1 Å². The highest BCUT2D eigenvalue weighted by Crippen LogP contribution is 2.25. The van der Waals surface area contributed by atoms with E-state index in [2.05, 4.69) is 13.8 Å². The van der Waals surface area contributed by atoms with Gasteiger partial charge in [0.25, 0.3) is 0 Å². The van der Waals surface area contributed by atoms with Crippen molar-refractivity contribution in [3.8, 4) is 0 Å². The minimum atomic E-state index is -0.934. The summed E-state index contributed by atoms with van der Waals surface area (Å²) < 4.78 is 0. The second-order valence-corrected chi connectivity index (χ2v) is 5.51. The predicted molar refractivity (Wildman–Crippen MR) is 80.2 cm³/mol. The van der Waals surface area contributed by atoms with E-state index in [1.165, 1.54) is 0 Å². The molecule has 21 heavy (non-hydrogen) atoms. The van der Waals surface area contributed by atoms with Gasteiger partial charge in [0.05, 0.1) is 5.56 Å². The standard InChI is InChI=1S/C16H22N2O3/c1-4-14(5-2)17(3)16(21)18-9-12-7-6-11(15(19)20)8-13(12)10-18/h6-8,14H,4-5,9-10H2,1-3H3,(H,19,20). The quantitative estimate of drug-likeness (QED) is 0.927. The van der Waals surface area contributed by atoms with Crippen LogP contribution in [0.5, 0.6) is 0 Å². The van der Waals surface area contributed by atoms with Gasteiger partial charge in [-0.3, -0.25) is 0 Å². The Labute approximate surface area is 125 Å². The fourth-order valence-electron chi connectivity index (χ4n) is 2.88. The Balaban J connectivity index is 2.12. The zero-order valence-corrected chi connectivity index (χ0v) is 12.8. The highest BCUT2D eigenvalue weighted by atomic mass is 16.4. The van der Waals surface area contributed by atoms with Crippen molar-refractivity contribution < 1.29 is 14.7 Å². The van der Waals surface area contributed by atoms with Crippen molar-refractivity contribution >= 4 is 12.0 Å². The molecule has 0 bridgehead atoms. The Morgan fingerprint density at radius 3 is 2.43 bits per heavy atom. The van der Waals surface area contributed by atoms with Crippen LogP contribution in [0.2, 0.25) is 0 Å². The minimum Gasteiger partial charge on any atom is -0.478 e. The van der Waals surface area contributed by atoms with Crippen molar-refractivity contribution in [2.24, 2.45) is 0 Å². The molecule has 0 spiro atoms. The first-order valence-electron chi connectivity index (χ1n) is 7.34. The Kier molecular flexibility index (Phi) is 4.50. The molecular weight excluding hydrogens is 268 g/mol. The number of hydrogen-bond donors (Lipinski definition) is 1. The smallest absolute Gasteiger partial charge is 0.335 e. The van der Waals surface area contributed by atoms with Gasteiger partial charge in [0, 0.05) is 26.2 Å². The van der Waals surface area contributed by atoms with Crippen LogP contribution in [-0.4, -0.2) is 40.0 Å². The summed E-state index contributed by atoms with van der Waals surface area (Å²) in [6, 6.07) is 5.33. The number of hydrogen-bond acceptors (Lipinski definition) is 2. The molecule has 0 aromatic heterocycles. The number of fused-ring (bicyclic) bond motifs is 1. The van der Waals surface area contributed by atoms with Gasteiger partial charge in [-0.25, -0.2) is 9.59 Å². The Bertz CT molecular complexity index is 552. The first-order valence-corrected chi connectivity index (χ1v) is 7.34. The molecule has 0 atom stereocenters. The molecule has 2 rings (SSSR count). The number of carboxylic acid groups (broad SMARTS) is 1. The number of aromatic carboxylic acids is 1. The van der Waals surface area contributed by atoms with Crippen LogP contribution >= 0.6 is 0 Å². The molecule has 0 fully saturated rings. The van der Waals surface area contributed by atoms with Gasteiger partial charge in [0.1, 0.15) is 0 Å². The van der Waals surface area contributed by atoms with Crippen LogP contribution in [0.4, 0.5) is 4.79 Å². The van der Waals surface area contributed by atoms with E-state index < -0.39 is 5.97 Å². The summed E-state index contributed by atoms with van der Waals surface area (Å²) in [5.74, 6) is -0.934. The third-order valence-corrected chi connectivity index (χ3v) is 4.24. The Morgan fingerprint density at radius 1 is 1.24 bits per heavy atom. The van der Waals surface area contributed by atoms with E-state index in [-0.39, 0.29) is 17.6 Å². The van der Waals surface area contributed by atoms with Crippen LogP contribution in [0.25, 0.3) is 0 Å². The molecule has 5 nitrogen and oxygen atoms in total. The van der Waals surface area contributed by atoms with Crippen molar-refractivity contribution in [3.05, 3.63) is 34.9 Å². The van der Waals surface area contributed by atoms with Crippen molar-refractivity contribution in [3.63, 3.8) is 0 Å². The van der Waals surface area contributed by atoms with Gasteiger partial charge < -0.3 is 14.9 Å². The molecule has 0 unspecified atom stereocenters. The van der Waals surface area contributed by atoms with Crippen LogP contribution in [0.3, 0.4) is 0 Å². The maximum Gasteiger partial charge on any atom is 0.335 e. The van der Waals surface area contributed by atoms with Crippen molar-refractivity contribution in [2.45, 2.75) is 45.8 Å². The summed E-state index contributed by atoms with van der Waals surface area (Å²) in [6.45, 7) is 5.20. The molecule has 1 N–H and O–H groups in total. The van der Waals surface area contributed by atoms with Gasteiger partial charge in [-0.15, -0.1) is 0 Å². The van der Waals surface area contributed by atoms with Gasteiger partial charge in [-0.1, -0.05) is 19.9 Å². The maximum atomic E-state index is 12.5. The van der Waals surface area contributed by atoms with Crippen LogP contribution in [0.1, 0.15) is 48.2 Å². The second-order valence-electron chi connectivity index (χ2n) is 5.51. The number of nitrogens with zero attached hydrogens (tertiary/aromatic N) is 2. The van der Waals surface area contributed by atoms with E-state index in [0.717, 1.165) is 24.0 Å². The SMILES string of the molecule is CCC(CC)N(C)C(=O)N1Cc2ccc(C(=O)O)cc2C1. The normalized spacial score (nSPS) is 13.4. The number of carbonyl (C=O) groups is 2. The molecule has 0 saturated carbocycles. The molecule has 5 heteroatoms. The molecule has 1 aliphatic heterocycles. The first-order chi connectivity index (χ1) is 9.97. The van der Waals surface area contributed by atoms with Crippen LogP contribution < -0.4 is 0 Å². The fourth-order valence-corrected chi connectivity index (χ4v) is 2.88. The summed E-state index contributed by atoms with van der Waals surface area (Å²) in [6.07, 6.45) is 1.87. The highest BCUT2D eigenvalue weighted by molar-refractivity contribution is 5.88. The van der Waals surface area contributed by atoms with E-state index in [1.54, 1.807) is 21.9 Å². The lowest BCUT2D eigenvalue weighted by Crippen LogP contribution is -2.43. The molecule has 1 aromatic carbocycles. The molecule has 0 saturated heterocycles. The summed E-state index contributed by atoms with van der Waals surface area (Å²) in [5, 5.41) is 9.03. The number of urea groups is 1. The third kappa shape index (κ3) is 3.01. The topological polar surface area (TPSA) is 60.9 Å². The van der Waals surface area contributed by atoms with Crippen molar-refractivity contribution in [2.75, 3.05) is 7.05 Å². The number of benzene rings is 1. The highest BCUT2D eigenvalue weighted by Gasteiger charge is 2.28. The van der Waals surface area contributed by atoms with Crippen LogP contribution in [0.15, 0.2) is 18.2 Å². The van der Waals surface area contributed by atoms with E-state index in [1.807, 2.05) is 13.1 Å². The minimum absolute atomic E-state index is 0.0109. The molecule has 2 amide bonds. The number of rotatable bonds is 4. The average molecular weight is 290 g/mol. The van der Waals surface area contributed by atoms with E-state index in [0.29, 0.717) is 13.1 Å². The summed E-state index contributed by atoms with van der Waals surface area (Å²) >= 11 is 0. The van der Waals surface area contributed by atoms with E-state index >= 15 is 0 Å². The van der Waals surface area contributed by atoms with E-state index in [4.69, 9.17) is 5.11 Å². The second kappa shape index (κ2) is 6.16. The molecule has 0 radical (unpaired) electrons. The Morgan fingerprint density at radius 2 is 1.86 bits per heavy atom. The molecular formula is C16H22N2O3. The summed E-state index contributed by atoms with van der Waals surface area (Å²) in [7, 11) is 1.84. The van der Waals surface area contributed by atoms with E-state index in [9.17, 15) is 9.59 Å². The molecule has 0 aliphatic carbocycles. The fraction of sp³-hybridized carbons (Fsp3) is 0.500. The Hall–Kier alpha value is -2.04. The summed E-state index contributed by atoms with van der Waals surface area (Å²) in [5.41, 5.74) is 2.24. The summed E-state index contributed by atoms with van der Waals surface area (Å²) in [4.78, 5) is 27.1. The predicted octanol–water partition coefficient (Wildman–Crippen LogP) is 2.94. The molecule has 1 aromatic rings. The van der Waals surface area contributed by atoms with Crippen molar-refractivity contribution in [1.29, 1.82) is 0 Å². The van der Waals surface area contributed by atoms with Gasteiger partial charge in [0.15, 0.2) is 0 Å². The van der Waals surface area contributed by atoms with Crippen molar-refractivity contribution in [1.82, 2.24) is 9.80 Å². The largest absolute Gasteiger partial charge is 0.478 e. The molecule has 1 aliphatic rings. The number of amides is 2. The molecule has 1 heterocycles. The lowest BCUT2D eigenvalue weighted by Gasteiger charge is -2.30. The first kappa shape index (κ1) is 15.4. The van der Waals surface area contributed by atoms with Crippen LogP contribution in [-0.2, 0) is 13.1 Å². The monoisotopic (exact) mass is 290 g/mol. The van der Waals surface area contributed by atoms with Crippen LogP contribution in [0, 0.1) is 0 Å². The number of carboxylic acids is 1. The molecule has 114 valence electrons. The van der Waals surface area contributed by atoms with Gasteiger partial charge in [-0.2, -0.15) is 0 Å².